The van der Waals surface area contributed by atoms with Gasteiger partial charge in [-0.3, -0.25) is 4.79 Å². The summed E-state index contributed by atoms with van der Waals surface area (Å²) in [6, 6.07) is 5.94. The number of hydrogen-bond donors (Lipinski definition) is 1. The number of carbonyl (C=O) groups excluding carboxylic acids is 2. The average molecular weight is 365 g/mol. The molecule has 0 aliphatic rings. The van der Waals surface area contributed by atoms with Crippen molar-refractivity contribution in [3.63, 3.8) is 0 Å². The number of esters is 1. The second kappa shape index (κ2) is 7.47. The molecule has 24 heavy (non-hydrogen) atoms. The monoisotopic (exact) mass is 365 g/mol. The van der Waals surface area contributed by atoms with Crippen LogP contribution >= 0.6 is 0 Å². The molecular formula is C14H14F3NO5S. The molecule has 0 atom stereocenters. The molecule has 0 radical (unpaired) electrons. The summed E-state index contributed by atoms with van der Waals surface area (Å²) in [7, 11) is -5.71. The minimum absolute atomic E-state index is 0.0440. The van der Waals surface area contributed by atoms with Crippen LogP contribution in [0.3, 0.4) is 0 Å². The fourth-order valence-electron chi connectivity index (χ4n) is 1.48. The molecule has 1 amide bonds. The molecule has 0 spiro atoms. The van der Waals surface area contributed by atoms with Gasteiger partial charge in [-0.25, -0.2) is 9.52 Å². The number of rotatable bonds is 6. The Kier molecular flexibility index (Phi) is 6.13. The summed E-state index contributed by atoms with van der Waals surface area (Å²) < 4.78 is 63.9. The van der Waals surface area contributed by atoms with Gasteiger partial charge in [-0.1, -0.05) is 18.7 Å². The Labute approximate surface area is 136 Å². The Morgan fingerprint density at radius 2 is 1.92 bits per heavy atom. The lowest BCUT2D eigenvalue weighted by molar-refractivity contribution is -0.130. The van der Waals surface area contributed by atoms with Gasteiger partial charge in [0.15, 0.2) is 0 Å². The highest BCUT2D eigenvalue weighted by molar-refractivity contribution is 7.90. The van der Waals surface area contributed by atoms with Crippen molar-refractivity contribution in [1.29, 1.82) is 0 Å². The van der Waals surface area contributed by atoms with Crippen LogP contribution in [0.1, 0.15) is 18.9 Å². The number of ether oxygens (including phenoxy) is 1. The van der Waals surface area contributed by atoms with E-state index in [4.69, 9.17) is 4.74 Å². The van der Waals surface area contributed by atoms with Crippen molar-refractivity contribution < 1.29 is 35.9 Å². The molecule has 1 rings (SSSR count). The smallest absolute Gasteiger partial charge is 0.423 e. The first-order valence-corrected chi connectivity index (χ1v) is 7.99. The van der Waals surface area contributed by atoms with Gasteiger partial charge in [-0.15, -0.1) is 0 Å². The largest absolute Gasteiger partial charge is 0.516 e. The van der Waals surface area contributed by atoms with Gasteiger partial charge in [0.2, 0.25) is 5.91 Å². The number of sulfonamides is 1. The van der Waals surface area contributed by atoms with Gasteiger partial charge in [0.05, 0.1) is 0 Å². The van der Waals surface area contributed by atoms with E-state index in [9.17, 15) is 31.2 Å². The molecule has 132 valence electrons. The Bertz CT molecular complexity index is 756. The van der Waals surface area contributed by atoms with E-state index in [1.165, 1.54) is 25.1 Å². The van der Waals surface area contributed by atoms with Gasteiger partial charge in [-0.2, -0.15) is 21.6 Å². The number of benzene rings is 1. The number of carbonyl (C=O) groups is 2. The second-order valence-corrected chi connectivity index (χ2v) is 6.47. The van der Waals surface area contributed by atoms with Gasteiger partial charge in [0, 0.05) is 12.0 Å². The molecule has 0 unspecified atom stereocenters. The van der Waals surface area contributed by atoms with Crippen molar-refractivity contribution in [2.45, 2.75) is 25.3 Å². The van der Waals surface area contributed by atoms with Crippen LogP contribution in [0.2, 0.25) is 0 Å². The maximum absolute atomic E-state index is 12.1. The summed E-state index contributed by atoms with van der Waals surface area (Å²) in [6.07, 6.45) is -0.537. The predicted octanol–water partition coefficient (Wildman–Crippen LogP) is 2.07. The quantitative estimate of drug-likeness (QED) is 0.474. The molecule has 0 aliphatic heterocycles. The van der Waals surface area contributed by atoms with Crippen molar-refractivity contribution in [3.05, 3.63) is 42.0 Å². The number of alkyl halides is 3. The van der Waals surface area contributed by atoms with Crippen LogP contribution in [0.5, 0.6) is 5.75 Å². The summed E-state index contributed by atoms with van der Waals surface area (Å²) in [6.45, 7) is 4.87. The van der Waals surface area contributed by atoms with E-state index in [0.29, 0.717) is 5.56 Å². The molecule has 0 bridgehead atoms. The molecule has 1 aromatic rings. The van der Waals surface area contributed by atoms with E-state index in [1.54, 1.807) is 6.07 Å². The molecule has 0 saturated carbocycles. The first kappa shape index (κ1) is 19.7. The zero-order valence-electron chi connectivity index (χ0n) is 12.5. The predicted molar refractivity (Wildman–Crippen MR) is 78.3 cm³/mol. The normalized spacial score (nSPS) is 11.7. The fourth-order valence-corrected chi connectivity index (χ4v) is 1.99. The molecule has 0 aliphatic carbocycles. The van der Waals surface area contributed by atoms with Crippen molar-refractivity contribution >= 4 is 21.9 Å². The summed E-state index contributed by atoms with van der Waals surface area (Å²) in [5.74, 6) is -1.78. The van der Waals surface area contributed by atoms with Crippen LogP contribution in [-0.4, -0.2) is 25.8 Å². The lowest BCUT2D eigenvalue weighted by Crippen LogP contribution is -2.40. The maximum atomic E-state index is 12.1. The Balaban J connectivity index is 2.67. The van der Waals surface area contributed by atoms with Crippen LogP contribution in [-0.2, 0) is 26.0 Å². The van der Waals surface area contributed by atoms with Crippen LogP contribution in [0, 0.1) is 0 Å². The van der Waals surface area contributed by atoms with Crippen LogP contribution in [0.15, 0.2) is 36.4 Å². The third kappa shape index (κ3) is 5.69. The Hall–Kier alpha value is -2.36. The second-order valence-electron chi connectivity index (χ2n) is 4.79. The number of amides is 1. The van der Waals surface area contributed by atoms with E-state index < -0.39 is 33.8 Å². The molecule has 0 fully saturated rings. The highest BCUT2D eigenvalue weighted by atomic mass is 32.2. The SMILES string of the molecule is C=C(C)C(=O)Oc1cccc(CCC(=O)NS(=O)(=O)C(F)(F)F)c1. The molecule has 0 saturated heterocycles. The third-order valence-electron chi connectivity index (χ3n) is 2.65. The minimum Gasteiger partial charge on any atom is -0.423 e. The molecule has 0 aromatic heterocycles. The zero-order valence-corrected chi connectivity index (χ0v) is 13.3. The van der Waals surface area contributed by atoms with Gasteiger partial charge in [-0.05, 0) is 31.0 Å². The standard InChI is InChI=1S/C14H14F3NO5S/c1-9(2)13(20)23-11-5-3-4-10(8-11)6-7-12(19)18-24(21,22)14(15,16)17/h3-5,8H,1,6-7H2,2H3,(H,18,19). The fraction of sp³-hybridized carbons (Fsp3) is 0.286. The topological polar surface area (TPSA) is 89.5 Å². The lowest BCUT2D eigenvalue weighted by atomic mass is 10.1. The number of halogens is 3. The van der Waals surface area contributed by atoms with Crippen molar-refractivity contribution in [3.8, 4) is 5.75 Å². The molecule has 1 aromatic carbocycles. The minimum atomic E-state index is -5.71. The molecule has 0 heterocycles. The Morgan fingerprint density at radius 3 is 2.46 bits per heavy atom. The van der Waals surface area contributed by atoms with Crippen LogP contribution in [0.4, 0.5) is 13.2 Å². The van der Waals surface area contributed by atoms with Crippen molar-refractivity contribution in [2.75, 3.05) is 0 Å². The number of hydrogen-bond acceptors (Lipinski definition) is 5. The number of nitrogens with one attached hydrogen (secondary N) is 1. The summed E-state index contributed by atoms with van der Waals surface area (Å²) in [5, 5.41) is 0. The van der Waals surface area contributed by atoms with Gasteiger partial charge in [0.25, 0.3) is 0 Å². The highest BCUT2D eigenvalue weighted by Crippen LogP contribution is 2.22. The van der Waals surface area contributed by atoms with Crippen LogP contribution in [0.25, 0.3) is 0 Å². The van der Waals surface area contributed by atoms with Crippen molar-refractivity contribution in [1.82, 2.24) is 4.72 Å². The van der Waals surface area contributed by atoms with Crippen molar-refractivity contribution in [2.24, 2.45) is 0 Å². The molecular weight excluding hydrogens is 351 g/mol. The summed E-state index contributed by atoms with van der Waals surface area (Å²) in [4.78, 5) is 22.7. The van der Waals surface area contributed by atoms with E-state index in [0.717, 1.165) is 4.72 Å². The number of aryl methyl sites for hydroxylation is 1. The Morgan fingerprint density at radius 1 is 1.29 bits per heavy atom. The molecule has 6 nitrogen and oxygen atoms in total. The zero-order chi connectivity index (χ0) is 18.5. The third-order valence-corrected chi connectivity index (χ3v) is 3.76. The van der Waals surface area contributed by atoms with Gasteiger partial charge >= 0.3 is 21.5 Å². The van der Waals surface area contributed by atoms with E-state index in [-0.39, 0.29) is 17.7 Å². The van der Waals surface area contributed by atoms with Gasteiger partial charge in [0.1, 0.15) is 5.75 Å². The highest BCUT2D eigenvalue weighted by Gasteiger charge is 2.46. The first-order valence-electron chi connectivity index (χ1n) is 6.51. The van der Waals surface area contributed by atoms with Crippen LogP contribution < -0.4 is 9.46 Å². The summed E-state index contributed by atoms with van der Waals surface area (Å²) in [5.41, 5.74) is -4.90. The maximum Gasteiger partial charge on any atom is 0.516 e. The summed E-state index contributed by atoms with van der Waals surface area (Å²) >= 11 is 0. The molecule has 10 heteroatoms. The van der Waals surface area contributed by atoms with E-state index in [2.05, 4.69) is 6.58 Å². The van der Waals surface area contributed by atoms with Gasteiger partial charge < -0.3 is 4.74 Å². The first-order chi connectivity index (χ1) is 10.9. The average Bonchev–Trinajstić information content (AvgIpc) is 2.43. The lowest BCUT2D eigenvalue weighted by Gasteiger charge is -2.09. The van der Waals surface area contributed by atoms with E-state index in [1.807, 2.05) is 0 Å². The molecule has 1 N–H and O–H groups in total. The van der Waals surface area contributed by atoms with E-state index >= 15 is 0 Å².